The maximum Gasteiger partial charge on any atom is 0.251 e. The van der Waals surface area contributed by atoms with Crippen LogP contribution in [-0.2, 0) is 17.6 Å². The van der Waals surface area contributed by atoms with E-state index in [4.69, 9.17) is 15.6 Å². The molecule has 1 aliphatic heterocycles. The highest BCUT2D eigenvalue weighted by molar-refractivity contribution is 6.00. The van der Waals surface area contributed by atoms with Crippen molar-refractivity contribution in [2.45, 2.75) is 59.0 Å². The molecule has 7 heteroatoms. The summed E-state index contributed by atoms with van der Waals surface area (Å²) in [5.41, 5.74) is 12.6. The maximum atomic E-state index is 13.2. The molecular formula is C29H34N4O3. The number of benzene rings is 2. The zero-order chi connectivity index (χ0) is 25.4. The fourth-order valence-electron chi connectivity index (χ4n) is 5.26. The van der Waals surface area contributed by atoms with Gasteiger partial charge in [-0.1, -0.05) is 43.7 Å². The lowest BCUT2D eigenvalue weighted by molar-refractivity contribution is 0.0884. The van der Waals surface area contributed by atoms with Crippen molar-refractivity contribution >= 4 is 17.4 Å². The van der Waals surface area contributed by atoms with Gasteiger partial charge >= 0.3 is 0 Å². The first-order chi connectivity index (χ1) is 17.2. The third kappa shape index (κ3) is 4.80. The number of nitrogens with one attached hydrogen (secondary N) is 1. The smallest absolute Gasteiger partial charge is 0.251 e. The van der Waals surface area contributed by atoms with E-state index in [2.05, 4.69) is 50.4 Å². The lowest BCUT2D eigenvalue weighted by Gasteiger charge is -2.29. The van der Waals surface area contributed by atoms with Gasteiger partial charge in [0.2, 0.25) is 0 Å². The highest BCUT2D eigenvalue weighted by Crippen LogP contribution is 2.41. The van der Waals surface area contributed by atoms with Crippen LogP contribution in [0.25, 0.3) is 5.69 Å². The molecule has 3 aromatic rings. The molecule has 0 radical (unpaired) electrons. The molecule has 1 aliphatic carbocycles. The second-order valence-corrected chi connectivity index (χ2v) is 10.8. The summed E-state index contributed by atoms with van der Waals surface area (Å²) >= 11 is 0. The SMILES string of the molecule is Cc1ccc(CCNC(=O)c2ccc(-n3nc(C4CCCO4)c4c3CC(C)(C)CC4=O)c(N)c2)cc1. The summed E-state index contributed by atoms with van der Waals surface area (Å²) < 4.78 is 7.70. The number of aryl methyl sites for hydroxylation is 1. The number of aromatic nitrogens is 2. The first-order valence-corrected chi connectivity index (χ1v) is 12.7. The van der Waals surface area contributed by atoms with Crippen LogP contribution in [0.3, 0.4) is 0 Å². The molecule has 2 heterocycles. The zero-order valence-electron chi connectivity index (χ0n) is 21.3. The first-order valence-electron chi connectivity index (χ1n) is 12.7. The third-order valence-corrected chi connectivity index (χ3v) is 7.14. The number of rotatable bonds is 6. The van der Waals surface area contributed by atoms with Crippen LogP contribution in [0.1, 0.15) is 82.4 Å². The van der Waals surface area contributed by atoms with Gasteiger partial charge in [-0.2, -0.15) is 5.10 Å². The van der Waals surface area contributed by atoms with Crippen molar-refractivity contribution in [2.24, 2.45) is 5.41 Å². The lowest BCUT2D eigenvalue weighted by atomic mass is 9.75. The fraction of sp³-hybridized carbons (Fsp3) is 0.414. The van der Waals surface area contributed by atoms with Crippen molar-refractivity contribution in [1.29, 1.82) is 0 Å². The van der Waals surface area contributed by atoms with Crippen LogP contribution in [0.5, 0.6) is 0 Å². The minimum absolute atomic E-state index is 0.112. The van der Waals surface area contributed by atoms with Crippen molar-refractivity contribution in [1.82, 2.24) is 15.1 Å². The second kappa shape index (κ2) is 9.54. The van der Waals surface area contributed by atoms with Gasteiger partial charge in [-0.05, 0) is 61.8 Å². The third-order valence-electron chi connectivity index (χ3n) is 7.14. The van der Waals surface area contributed by atoms with Gasteiger partial charge in [0, 0.05) is 25.1 Å². The summed E-state index contributed by atoms with van der Waals surface area (Å²) in [6.45, 7) is 7.48. The van der Waals surface area contributed by atoms with Crippen LogP contribution < -0.4 is 11.1 Å². The Kier molecular flexibility index (Phi) is 6.43. The van der Waals surface area contributed by atoms with Crippen LogP contribution in [0, 0.1) is 12.3 Å². The van der Waals surface area contributed by atoms with Crippen molar-refractivity contribution in [3.63, 3.8) is 0 Å². The Morgan fingerprint density at radius 1 is 1.19 bits per heavy atom. The monoisotopic (exact) mass is 486 g/mol. The highest BCUT2D eigenvalue weighted by Gasteiger charge is 2.39. The Labute approximate surface area is 212 Å². The number of anilines is 1. The molecule has 1 aromatic heterocycles. The Morgan fingerprint density at radius 2 is 1.97 bits per heavy atom. The van der Waals surface area contributed by atoms with E-state index in [1.54, 1.807) is 16.8 Å². The molecule has 5 rings (SSSR count). The Morgan fingerprint density at radius 3 is 2.67 bits per heavy atom. The number of amides is 1. The van der Waals surface area contributed by atoms with E-state index < -0.39 is 0 Å². The van der Waals surface area contributed by atoms with Crippen LogP contribution in [0.15, 0.2) is 42.5 Å². The van der Waals surface area contributed by atoms with Crippen molar-refractivity contribution in [3.8, 4) is 5.69 Å². The van der Waals surface area contributed by atoms with E-state index in [9.17, 15) is 9.59 Å². The Bertz CT molecular complexity index is 1300. The van der Waals surface area contributed by atoms with E-state index >= 15 is 0 Å². The minimum atomic E-state index is -0.167. The van der Waals surface area contributed by atoms with Gasteiger partial charge < -0.3 is 15.8 Å². The van der Waals surface area contributed by atoms with Gasteiger partial charge in [-0.25, -0.2) is 4.68 Å². The van der Waals surface area contributed by atoms with E-state index in [1.165, 1.54) is 11.1 Å². The molecule has 188 valence electrons. The second-order valence-electron chi connectivity index (χ2n) is 10.8. The molecule has 36 heavy (non-hydrogen) atoms. The first kappa shape index (κ1) is 24.3. The molecule has 2 aliphatic rings. The summed E-state index contributed by atoms with van der Waals surface area (Å²) in [5, 5.41) is 7.85. The van der Waals surface area contributed by atoms with Gasteiger partial charge in [0.15, 0.2) is 5.78 Å². The number of nitrogen functional groups attached to an aromatic ring is 1. The molecule has 7 nitrogen and oxygen atoms in total. The molecule has 0 saturated carbocycles. The summed E-state index contributed by atoms with van der Waals surface area (Å²) in [6, 6.07) is 13.6. The van der Waals surface area contributed by atoms with E-state index in [0.717, 1.165) is 30.7 Å². The highest BCUT2D eigenvalue weighted by atomic mass is 16.5. The maximum absolute atomic E-state index is 13.2. The summed E-state index contributed by atoms with van der Waals surface area (Å²) in [5.74, 6) is -0.0552. The number of carbonyl (C=O) groups excluding carboxylic acids is 2. The topological polar surface area (TPSA) is 99.2 Å². The van der Waals surface area contributed by atoms with Gasteiger partial charge in [0.1, 0.15) is 11.8 Å². The van der Waals surface area contributed by atoms with Crippen LogP contribution in [-0.4, -0.2) is 34.6 Å². The predicted octanol–water partition coefficient (Wildman–Crippen LogP) is 4.74. The number of nitrogens with two attached hydrogens (primary N) is 1. The Hall–Kier alpha value is -3.45. The largest absolute Gasteiger partial charge is 0.397 e. The lowest BCUT2D eigenvalue weighted by Crippen LogP contribution is -2.28. The Balaban J connectivity index is 1.39. The number of nitrogens with zero attached hydrogens (tertiary/aromatic N) is 2. The standard InChI is InChI=1S/C29H34N4O3/c1-18-6-8-19(9-7-18)12-13-31-28(35)20-10-11-22(21(30)15-20)33-23-16-29(2,3)17-24(34)26(23)27(32-33)25-5-4-14-36-25/h6-11,15,25H,4-5,12-14,16-17,30H2,1-3H3,(H,31,35). The molecule has 1 saturated heterocycles. The summed E-state index contributed by atoms with van der Waals surface area (Å²) in [6.07, 6.45) is 3.62. The quantitative estimate of drug-likeness (QED) is 0.490. The van der Waals surface area contributed by atoms with Crippen LogP contribution in [0.4, 0.5) is 5.69 Å². The van der Waals surface area contributed by atoms with Crippen LogP contribution in [0.2, 0.25) is 0 Å². The van der Waals surface area contributed by atoms with E-state index in [-0.39, 0.29) is 23.2 Å². The molecule has 3 N–H and O–H groups in total. The van der Waals surface area contributed by atoms with Crippen molar-refractivity contribution in [3.05, 3.63) is 76.1 Å². The van der Waals surface area contributed by atoms with Gasteiger partial charge in [0.25, 0.3) is 5.91 Å². The number of ketones is 1. The van der Waals surface area contributed by atoms with Gasteiger partial charge in [0.05, 0.1) is 22.6 Å². The number of fused-ring (bicyclic) bond motifs is 1. The molecule has 0 bridgehead atoms. The predicted molar refractivity (Wildman–Crippen MR) is 140 cm³/mol. The van der Waals surface area contributed by atoms with Gasteiger partial charge in [-0.15, -0.1) is 0 Å². The average molecular weight is 487 g/mol. The number of carbonyl (C=O) groups is 2. The number of hydrogen-bond acceptors (Lipinski definition) is 5. The number of hydrogen-bond donors (Lipinski definition) is 2. The van der Waals surface area contributed by atoms with Crippen molar-refractivity contribution < 1.29 is 14.3 Å². The van der Waals surface area contributed by atoms with E-state index in [0.29, 0.717) is 48.5 Å². The molecule has 1 atom stereocenters. The summed E-state index contributed by atoms with van der Waals surface area (Å²) in [4.78, 5) is 26.0. The molecular weight excluding hydrogens is 452 g/mol. The minimum Gasteiger partial charge on any atom is -0.397 e. The van der Waals surface area contributed by atoms with E-state index in [1.807, 2.05) is 6.07 Å². The molecule has 2 aromatic carbocycles. The number of ether oxygens (including phenoxy) is 1. The molecule has 1 fully saturated rings. The van der Waals surface area contributed by atoms with Crippen LogP contribution >= 0.6 is 0 Å². The zero-order valence-corrected chi connectivity index (χ0v) is 21.3. The molecule has 1 amide bonds. The van der Waals surface area contributed by atoms with Crippen molar-refractivity contribution in [2.75, 3.05) is 18.9 Å². The normalized spacial score (nSPS) is 18.8. The average Bonchev–Trinajstić information content (AvgIpc) is 3.48. The number of Topliss-reactive ketones (excluding diaryl/α,β-unsaturated/α-hetero) is 1. The molecule has 0 spiro atoms. The molecule has 1 unspecified atom stereocenters. The van der Waals surface area contributed by atoms with Gasteiger partial charge in [-0.3, -0.25) is 9.59 Å². The fourth-order valence-corrected chi connectivity index (χ4v) is 5.26. The summed E-state index contributed by atoms with van der Waals surface area (Å²) in [7, 11) is 0.